The average molecular weight is 1030 g/mol. The molecule has 0 amide bonds. The summed E-state index contributed by atoms with van der Waals surface area (Å²) in [6.45, 7) is 10.9. The summed E-state index contributed by atoms with van der Waals surface area (Å²) in [5, 5.41) is 3.84. The van der Waals surface area contributed by atoms with E-state index < -0.39 is 39.1 Å². The molecule has 15 N–H and O–H groups in total. The fraction of sp³-hybridized carbons (Fsp3) is 0.379. The zero-order valence-electron chi connectivity index (χ0n) is 32.0. The predicted molar refractivity (Wildman–Crippen MR) is 227 cm³/mol. The lowest BCUT2D eigenvalue weighted by Gasteiger charge is -2.38. The first-order valence-electron chi connectivity index (χ1n) is 17.1. The molecule has 2 fully saturated rings. The maximum atomic E-state index is 8.88. The summed E-state index contributed by atoms with van der Waals surface area (Å²) in [4.78, 5) is 127. The number of anilines is 2. The number of pyridine rings is 2. The third-order valence-corrected chi connectivity index (χ3v) is 8.21. The normalized spacial score (nSPS) is 15.3. The number of phosphoric acid groups is 5. The van der Waals surface area contributed by atoms with Crippen molar-refractivity contribution in [3.05, 3.63) is 71.0 Å². The molecule has 2 aromatic heterocycles. The summed E-state index contributed by atoms with van der Waals surface area (Å²) in [5.41, 5.74) is 4.47. The van der Waals surface area contributed by atoms with Crippen molar-refractivity contribution in [2.75, 3.05) is 75.2 Å². The van der Waals surface area contributed by atoms with E-state index in [0.29, 0.717) is 0 Å². The second kappa shape index (κ2) is 26.2. The molecule has 26 nitrogen and oxygen atoms in total. The number of rotatable bonds is 6. The number of hydrogen-bond donors (Lipinski definition) is 15. The summed E-state index contributed by atoms with van der Waals surface area (Å²) in [7, 11) is -23.2. The Morgan fingerprint density at radius 2 is 0.694 bits per heavy atom. The van der Waals surface area contributed by atoms with E-state index in [0.717, 1.165) is 86.5 Å². The highest BCUT2D eigenvalue weighted by Crippen LogP contribution is 2.31. The monoisotopic (exact) mass is 1020 g/mol. The maximum Gasteiger partial charge on any atom is 0.466 e. The van der Waals surface area contributed by atoms with E-state index in [1.807, 2.05) is 36.7 Å². The van der Waals surface area contributed by atoms with Gasteiger partial charge in [-0.25, -0.2) is 22.8 Å². The summed E-state index contributed by atoms with van der Waals surface area (Å²) >= 11 is 12.3. The first kappa shape index (κ1) is 57.9. The van der Waals surface area contributed by atoms with Crippen LogP contribution in [0.5, 0.6) is 0 Å². The smallest absolute Gasteiger partial charge is 0.368 e. The van der Waals surface area contributed by atoms with Gasteiger partial charge in [0, 0.05) is 96.9 Å². The standard InChI is InChI=1S/C29H32Cl2N6.5H3O4P/c30-22-2-4-24-26(20-22)32-8-6-28(24)36-16-12-34(13-17-36)10-1-11-35-14-18-37(19-15-35)29-7-9-33-27-21-23(31)3-5-25(27)29;5*1-5(2,3)4/h2-9,20-21H,1,10-19H2;5*(H3,1,2,3,4). The van der Waals surface area contributed by atoms with E-state index >= 15 is 0 Å². The van der Waals surface area contributed by atoms with Gasteiger partial charge in [0.15, 0.2) is 0 Å². The fourth-order valence-corrected chi connectivity index (χ4v) is 6.04. The molecule has 0 bridgehead atoms. The highest BCUT2D eigenvalue weighted by Gasteiger charge is 2.21. The average Bonchev–Trinajstić information content (AvgIpc) is 3.08. The molecule has 0 radical (unpaired) electrons. The van der Waals surface area contributed by atoms with E-state index in [1.54, 1.807) is 0 Å². The van der Waals surface area contributed by atoms with Crippen LogP contribution in [0.4, 0.5) is 11.4 Å². The van der Waals surface area contributed by atoms with Gasteiger partial charge in [-0.05, 0) is 68.0 Å². The van der Waals surface area contributed by atoms with Gasteiger partial charge >= 0.3 is 39.1 Å². The molecule has 4 aromatic rings. The van der Waals surface area contributed by atoms with Crippen molar-refractivity contribution in [1.29, 1.82) is 0 Å². The van der Waals surface area contributed by atoms with Gasteiger partial charge in [-0.3, -0.25) is 19.8 Å². The topological polar surface area (TPSA) is 428 Å². The minimum absolute atomic E-state index is 0.736. The van der Waals surface area contributed by atoms with Gasteiger partial charge in [0.2, 0.25) is 0 Å². The number of nitrogens with zero attached hydrogens (tertiary/aromatic N) is 6. The SMILES string of the molecule is Clc1ccc2c(N3CCN(CCCN4CCN(c5ccnc6cc(Cl)ccc56)CC4)CC3)ccnc2c1.O=P(O)(O)O.O=P(O)(O)O.O=P(O)(O)O.O=P(O)(O)O.O=P(O)(O)O. The van der Waals surface area contributed by atoms with Crippen molar-refractivity contribution in [2.24, 2.45) is 0 Å². The van der Waals surface area contributed by atoms with Gasteiger partial charge < -0.3 is 83.2 Å². The van der Waals surface area contributed by atoms with Gasteiger partial charge in [-0.1, -0.05) is 23.2 Å². The Kier molecular flexibility index (Phi) is 24.4. The van der Waals surface area contributed by atoms with E-state index in [2.05, 4.69) is 53.8 Å². The lowest BCUT2D eigenvalue weighted by atomic mass is 10.1. The Labute approximate surface area is 363 Å². The number of piperazine rings is 2. The molecule has 2 saturated heterocycles. The molecule has 2 aromatic carbocycles. The third kappa shape index (κ3) is 30.9. The van der Waals surface area contributed by atoms with Crippen LogP contribution in [-0.4, -0.2) is 159 Å². The molecule has 0 spiro atoms. The highest BCUT2D eigenvalue weighted by atomic mass is 35.5. The molecule has 2 aliphatic rings. The van der Waals surface area contributed by atoms with Crippen molar-refractivity contribution in [3.63, 3.8) is 0 Å². The molecule has 6 rings (SSSR count). The summed E-state index contributed by atoms with van der Waals surface area (Å²) in [6.07, 6.45) is 5.01. The van der Waals surface area contributed by atoms with Crippen molar-refractivity contribution < 1.29 is 96.2 Å². The second-order valence-electron chi connectivity index (χ2n) is 12.6. The lowest BCUT2D eigenvalue weighted by Crippen LogP contribution is -2.48. The molecule has 0 saturated carbocycles. The first-order chi connectivity index (χ1) is 28.1. The van der Waals surface area contributed by atoms with Crippen LogP contribution in [-0.2, 0) is 22.8 Å². The number of halogens is 2. The Morgan fingerprint density at radius 1 is 0.435 bits per heavy atom. The molecule has 62 heavy (non-hydrogen) atoms. The minimum atomic E-state index is -4.64. The van der Waals surface area contributed by atoms with Gasteiger partial charge in [0.25, 0.3) is 0 Å². The number of hydrogen-bond acceptors (Lipinski definition) is 11. The number of fused-ring (bicyclic) bond motifs is 2. The molecular weight excluding hydrogens is 978 g/mol. The summed E-state index contributed by atoms with van der Waals surface area (Å²) < 4.78 is 44.4. The fourth-order valence-electron chi connectivity index (χ4n) is 5.71. The lowest BCUT2D eigenvalue weighted by molar-refractivity contribution is 0.213. The molecule has 33 heteroatoms. The van der Waals surface area contributed by atoms with Crippen LogP contribution in [0.1, 0.15) is 6.42 Å². The largest absolute Gasteiger partial charge is 0.466 e. The Balaban J connectivity index is 0.000000630. The zero-order valence-corrected chi connectivity index (χ0v) is 38.0. The molecular formula is C29H47Cl2N6O20P5. The van der Waals surface area contributed by atoms with E-state index in [4.69, 9.17) is 119 Å². The molecule has 4 heterocycles. The highest BCUT2D eigenvalue weighted by molar-refractivity contribution is 7.46. The predicted octanol–water partition coefficient (Wildman–Crippen LogP) is 0.781. The van der Waals surface area contributed by atoms with E-state index in [-0.39, 0.29) is 0 Å². The van der Waals surface area contributed by atoms with Gasteiger partial charge in [0.1, 0.15) is 0 Å². The summed E-state index contributed by atoms with van der Waals surface area (Å²) in [5.74, 6) is 0. The zero-order chi connectivity index (χ0) is 47.7. The second-order valence-corrected chi connectivity index (χ2v) is 18.6. The third-order valence-electron chi connectivity index (χ3n) is 7.74. The molecule has 0 aliphatic carbocycles. The van der Waals surface area contributed by atoms with Crippen LogP contribution in [0.2, 0.25) is 10.0 Å². The molecule has 0 atom stereocenters. The van der Waals surface area contributed by atoms with E-state index in [9.17, 15) is 0 Å². The van der Waals surface area contributed by atoms with E-state index in [1.165, 1.54) is 28.6 Å². The Hall–Kier alpha value is -2.09. The van der Waals surface area contributed by atoms with Gasteiger partial charge in [0.05, 0.1) is 11.0 Å². The van der Waals surface area contributed by atoms with Gasteiger partial charge in [-0.15, -0.1) is 0 Å². The maximum absolute atomic E-state index is 8.88. The van der Waals surface area contributed by atoms with Crippen LogP contribution in [0.15, 0.2) is 60.9 Å². The van der Waals surface area contributed by atoms with Crippen molar-refractivity contribution >= 4 is 95.5 Å². The summed E-state index contributed by atoms with van der Waals surface area (Å²) in [6, 6.07) is 16.3. The van der Waals surface area contributed by atoms with Crippen LogP contribution in [0.3, 0.4) is 0 Å². The van der Waals surface area contributed by atoms with Crippen molar-refractivity contribution in [2.45, 2.75) is 6.42 Å². The Bertz CT molecular complexity index is 1980. The molecule has 2 aliphatic heterocycles. The molecule has 0 unspecified atom stereocenters. The number of benzene rings is 2. The van der Waals surface area contributed by atoms with Crippen LogP contribution >= 0.6 is 62.3 Å². The number of aromatic nitrogens is 2. The minimum Gasteiger partial charge on any atom is -0.368 e. The Morgan fingerprint density at radius 3 is 0.952 bits per heavy atom. The van der Waals surface area contributed by atoms with Crippen LogP contribution < -0.4 is 9.80 Å². The first-order valence-corrected chi connectivity index (χ1v) is 25.7. The van der Waals surface area contributed by atoms with Crippen molar-refractivity contribution in [3.8, 4) is 0 Å². The van der Waals surface area contributed by atoms with Gasteiger partial charge in [-0.2, -0.15) is 0 Å². The molecule has 352 valence electrons. The quantitative estimate of drug-likeness (QED) is 0.119. The van der Waals surface area contributed by atoms with Crippen LogP contribution in [0, 0.1) is 0 Å². The van der Waals surface area contributed by atoms with Crippen LogP contribution in [0.25, 0.3) is 21.8 Å². The van der Waals surface area contributed by atoms with Crippen molar-refractivity contribution in [1.82, 2.24) is 19.8 Å².